The number of nitrogens with one attached hydrogen (secondary N) is 2. The summed E-state index contributed by atoms with van der Waals surface area (Å²) in [5, 5.41) is 20.1. The zero-order valence-corrected chi connectivity index (χ0v) is 12.1. The molecule has 7 heteroatoms. The number of anilines is 3. The molecule has 114 valence electrons. The molecule has 2 N–H and O–H groups in total. The first-order valence-electron chi connectivity index (χ1n) is 7.31. The number of hydrogen-bond donors (Lipinski definition) is 2. The zero-order valence-electron chi connectivity index (χ0n) is 12.1. The summed E-state index contributed by atoms with van der Waals surface area (Å²) >= 11 is 0. The normalized spacial score (nSPS) is 13.7. The Morgan fingerprint density at radius 2 is 2.04 bits per heavy atom. The lowest BCUT2D eigenvalue weighted by atomic mass is 10.3. The van der Waals surface area contributed by atoms with Crippen LogP contribution in [0.4, 0.5) is 21.6 Å². The van der Waals surface area contributed by atoms with Gasteiger partial charge in [0.25, 0.3) is 0 Å². The number of benzene rings is 1. The predicted molar refractivity (Wildman–Crippen MR) is 84.0 cm³/mol. The van der Waals surface area contributed by atoms with Crippen molar-refractivity contribution in [2.75, 3.05) is 10.6 Å². The van der Waals surface area contributed by atoms with Gasteiger partial charge in [0, 0.05) is 17.8 Å². The van der Waals surface area contributed by atoms with Crippen LogP contribution in [0.25, 0.3) is 5.65 Å². The summed E-state index contributed by atoms with van der Waals surface area (Å²) in [5.41, 5.74) is 2.53. The number of hydrogen-bond acceptors (Lipinski definition) is 5. The van der Waals surface area contributed by atoms with Crippen molar-refractivity contribution in [3.8, 4) is 6.07 Å². The Bertz CT molecular complexity index is 905. The van der Waals surface area contributed by atoms with E-state index >= 15 is 0 Å². The van der Waals surface area contributed by atoms with E-state index in [1.54, 1.807) is 12.1 Å². The van der Waals surface area contributed by atoms with Crippen LogP contribution < -0.4 is 10.6 Å². The van der Waals surface area contributed by atoms with E-state index in [2.05, 4.69) is 26.8 Å². The summed E-state index contributed by atoms with van der Waals surface area (Å²) in [7, 11) is 0. The van der Waals surface area contributed by atoms with E-state index in [9.17, 15) is 9.65 Å². The first-order valence-corrected chi connectivity index (χ1v) is 7.31. The van der Waals surface area contributed by atoms with Gasteiger partial charge >= 0.3 is 0 Å². The molecule has 1 saturated carbocycles. The fraction of sp³-hybridized carbons (Fsp3) is 0.188. The Labute approximate surface area is 131 Å². The first-order chi connectivity index (χ1) is 11.2. The Morgan fingerprint density at radius 3 is 2.74 bits per heavy atom. The lowest BCUT2D eigenvalue weighted by Gasteiger charge is -2.11. The molecule has 1 aromatic carbocycles. The zero-order chi connectivity index (χ0) is 15.8. The highest BCUT2D eigenvalue weighted by molar-refractivity contribution is 5.73. The fourth-order valence-corrected chi connectivity index (χ4v) is 2.34. The van der Waals surface area contributed by atoms with Crippen LogP contribution in [-0.4, -0.2) is 20.6 Å². The van der Waals surface area contributed by atoms with Crippen molar-refractivity contribution in [1.82, 2.24) is 14.6 Å². The maximum absolute atomic E-state index is 13.0. The van der Waals surface area contributed by atoms with Crippen LogP contribution in [0.3, 0.4) is 0 Å². The molecule has 1 aliphatic carbocycles. The van der Waals surface area contributed by atoms with Crippen LogP contribution >= 0.6 is 0 Å². The standard InChI is InChI=1S/C16H13FN6/c17-10-1-3-12(4-2-10)21-15-7-14(20-11-5-6-11)16-19-9-13(8-18)23(16)22-15/h1-4,7,9,11,20H,5-6H2,(H,21,22). The topological polar surface area (TPSA) is 78.0 Å². The summed E-state index contributed by atoms with van der Waals surface area (Å²) in [4.78, 5) is 4.27. The largest absolute Gasteiger partial charge is 0.379 e. The summed E-state index contributed by atoms with van der Waals surface area (Å²) in [6.07, 6.45) is 3.75. The highest BCUT2D eigenvalue weighted by atomic mass is 19.1. The van der Waals surface area contributed by atoms with Crippen molar-refractivity contribution < 1.29 is 4.39 Å². The molecule has 0 radical (unpaired) electrons. The maximum Gasteiger partial charge on any atom is 0.178 e. The third-order valence-corrected chi connectivity index (χ3v) is 3.64. The predicted octanol–water partition coefficient (Wildman–Crippen LogP) is 3.06. The average molecular weight is 308 g/mol. The number of nitriles is 1. The van der Waals surface area contributed by atoms with E-state index in [0.717, 1.165) is 18.5 Å². The molecule has 6 nitrogen and oxygen atoms in total. The molecule has 1 fully saturated rings. The number of halogens is 1. The van der Waals surface area contributed by atoms with Crippen molar-refractivity contribution >= 4 is 22.8 Å². The van der Waals surface area contributed by atoms with Gasteiger partial charge in [-0.1, -0.05) is 0 Å². The van der Waals surface area contributed by atoms with Gasteiger partial charge in [-0.15, -0.1) is 5.10 Å². The Hall–Kier alpha value is -3.14. The van der Waals surface area contributed by atoms with Gasteiger partial charge in [-0.3, -0.25) is 0 Å². The molecule has 2 heterocycles. The van der Waals surface area contributed by atoms with Crippen LogP contribution in [0.1, 0.15) is 18.5 Å². The van der Waals surface area contributed by atoms with Gasteiger partial charge < -0.3 is 10.6 Å². The summed E-state index contributed by atoms with van der Waals surface area (Å²) in [6, 6.07) is 10.4. The lowest BCUT2D eigenvalue weighted by molar-refractivity contribution is 0.628. The van der Waals surface area contributed by atoms with Crippen LogP contribution in [0, 0.1) is 17.1 Å². The van der Waals surface area contributed by atoms with E-state index in [4.69, 9.17) is 0 Å². The smallest absolute Gasteiger partial charge is 0.178 e. The van der Waals surface area contributed by atoms with Gasteiger partial charge in [0.15, 0.2) is 17.2 Å². The second-order valence-corrected chi connectivity index (χ2v) is 5.48. The molecule has 3 aromatic rings. The van der Waals surface area contributed by atoms with Gasteiger partial charge in [-0.05, 0) is 37.1 Å². The van der Waals surface area contributed by atoms with E-state index in [1.807, 2.05) is 6.07 Å². The second-order valence-electron chi connectivity index (χ2n) is 5.48. The minimum atomic E-state index is -0.295. The van der Waals surface area contributed by atoms with E-state index < -0.39 is 0 Å². The highest BCUT2D eigenvalue weighted by Gasteiger charge is 2.23. The molecule has 4 rings (SSSR count). The third kappa shape index (κ3) is 2.66. The van der Waals surface area contributed by atoms with Crippen LogP contribution in [-0.2, 0) is 0 Å². The number of aromatic nitrogens is 3. The molecule has 0 unspecified atom stereocenters. The van der Waals surface area contributed by atoms with Crippen LogP contribution in [0.15, 0.2) is 36.5 Å². The summed E-state index contributed by atoms with van der Waals surface area (Å²) in [5.74, 6) is 0.262. The first kappa shape index (κ1) is 13.5. The highest BCUT2D eigenvalue weighted by Crippen LogP contribution is 2.29. The lowest BCUT2D eigenvalue weighted by Crippen LogP contribution is -2.07. The average Bonchev–Trinajstić information content (AvgIpc) is 3.26. The molecule has 0 spiro atoms. The number of imidazole rings is 1. The summed E-state index contributed by atoms with van der Waals surface area (Å²) < 4.78 is 14.5. The van der Waals surface area contributed by atoms with Crippen molar-refractivity contribution in [3.63, 3.8) is 0 Å². The van der Waals surface area contributed by atoms with Crippen molar-refractivity contribution in [3.05, 3.63) is 48.0 Å². The Kier molecular flexibility index (Phi) is 3.08. The maximum atomic E-state index is 13.0. The van der Waals surface area contributed by atoms with Gasteiger partial charge in [0.1, 0.15) is 11.9 Å². The number of nitrogens with zero attached hydrogens (tertiary/aromatic N) is 4. The van der Waals surface area contributed by atoms with Gasteiger partial charge in [0.05, 0.1) is 11.9 Å². The van der Waals surface area contributed by atoms with Crippen molar-refractivity contribution in [2.24, 2.45) is 0 Å². The minimum absolute atomic E-state index is 0.295. The monoisotopic (exact) mass is 308 g/mol. The minimum Gasteiger partial charge on any atom is -0.379 e. The SMILES string of the molecule is N#Cc1cnc2c(NC3CC3)cc(Nc3ccc(F)cc3)nn12. The number of fused-ring (bicyclic) bond motifs is 1. The molecule has 23 heavy (non-hydrogen) atoms. The third-order valence-electron chi connectivity index (χ3n) is 3.64. The summed E-state index contributed by atoms with van der Waals surface area (Å²) in [6.45, 7) is 0. The molecule has 0 atom stereocenters. The van der Waals surface area contributed by atoms with Crippen molar-refractivity contribution in [2.45, 2.75) is 18.9 Å². The number of rotatable bonds is 4. The van der Waals surface area contributed by atoms with Gasteiger partial charge in [0.2, 0.25) is 0 Å². The van der Waals surface area contributed by atoms with Crippen LogP contribution in [0.5, 0.6) is 0 Å². The second kappa shape index (κ2) is 5.25. The fourth-order valence-electron chi connectivity index (χ4n) is 2.34. The molecule has 0 aliphatic heterocycles. The van der Waals surface area contributed by atoms with E-state index in [-0.39, 0.29) is 5.82 Å². The van der Waals surface area contributed by atoms with E-state index in [0.29, 0.717) is 28.9 Å². The van der Waals surface area contributed by atoms with E-state index in [1.165, 1.54) is 22.8 Å². The molecular formula is C16H13FN6. The molecule has 1 aliphatic rings. The van der Waals surface area contributed by atoms with Crippen molar-refractivity contribution in [1.29, 1.82) is 5.26 Å². The molecule has 2 aromatic heterocycles. The van der Waals surface area contributed by atoms with Gasteiger partial charge in [-0.25, -0.2) is 9.37 Å². The Balaban J connectivity index is 1.76. The molecular weight excluding hydrogens is 295 g/mol. The molecule has 0 bridgehead atoms. The Morgan fingerprint density at radius 1 is 1.26 bits per heavy atom. The quantitative estimate of drug-likeness (QED) is 0.774. The van der Waals surface area contributed by atoms with Crippen LogP contribution in [0.2, 0.25) is 0 Å². The molecule has 0 amide bonds. The van der Waals surface area contributed by atoms with Gasteiger partial charge in [-0.2, -0.15) is 9.78 Å². The molecule has 0 saturated heterocycles.